The Morgan fingerprint density at radius 3 is 1.68 bits per heavy atom. The van der Waals surface area contributed by atoms with Crippen molar-refractivity contribution in [1.82, 2.24) is 0 Å². The Hall–Kier alpha value is -1.06. The van der Waals surface area contributed by atoms with Gasteiger partial charge in [-0.3, -0.25) is 9.59 Å². The van der Waals surface area contributed by atoms with Crippen LogP contribution in [-0.4, -0.2) is 25.2 Å². The molecule has 0 atom stereocenters. The maximum absolute atomic E-state index is 10.8. The van der Waals surface area contributed by atoms with Gasteiger partial charge in [0.15, 0.2) is 0 Å². The van der Waals surface area contributed by atoms with Crippen molar-refractivity contribution in [2.45, 2.75) is 86.0 Å². The fourth-order valence-electron chi connectivity index (χ4n) is 1.50. The molecule has 0 radical (unpaired) electrons. The third-order valence-electron chi connectivity index (χ3n) is 2.88. The van der Waals surface area contributed by atoms with Crippen molar-refractivity contribution in [3.8, 4) is 0 Å². The Labute approximate surface area is 136 Å². The molecule has 0 bridgehead atoms. The molecular weight excluding hydrogens is 280 g/mol. The molecule has 0 aliphatic rings. The molecular formula is C18H36O4. The molecule has 0 aliphatic heterocycles. The first-order valence-corrected chi connectivity index (χ1v) is 8.79. The Balaban J connectivity index is 0. The van der Waals surface area contributed by atoms with Crippen LogP contribution in [0.15, 0.2) is 0 Å². The van der Waals surface area contributed by atoms with Crippen LogP contribution < -0.4 is 0 Å². The Morgan fingerprint density at radius 1 is 0.773 bits per heavy atom. The quantitative estimate of drug-likeness (QED) is 0.402. The summed E-state index contributed by atoms with van der Waals surface area (Å²) < 4.78 is 9.90. The zero-order chi connectivity index (χ0) is 17.2. The second kappa shape index (κ2) is 18.0. The van der Waals surface area contributed by atoms with E-state index in [1.54, 1.807) is 0 Å². The highest BCUT2D eigenvalue weighted by molar-refractivity contribution is 5.69. The summed E-state index contributed by atoms with van der Waals surface area (Å²) in [6.45, 7) is 11.5. The summed E-state index contributed by atoms with van der Waals surface area (Å²) in [4.78, 5) is 21.6. The van der Waals surface area contributed by atoms with Crippen LogP contribution in [0.5, 0.6) is 0 Å². The number of hydrogen-bond acceptors (Lipinski definition) is 4. The van der Waals surface area contributed by atoms with Crippen molar-refractivity contribution in [3.05, 3.63) is 0 Å². The van der Waals surface area contributed by atoms with Crippen LogP contribution in [0.1, 0.15) is 86.0 Å². The maximum Gasteiger partial charge on any atom is 0.305 e. The van der Waals surface area contributed by atoms with Gasteiger partial charge in [-0.05, 0) is 31.6 Å². The standard InChI is InChI=1S/2C9H18O2/c1-4-5-9(10)11-7-6-8(2)3;1-3-5-6-8-11-9(10)7-4-2/h8H,4-7H2,1-3H3;3-8H2,1-2H3. The van der Waals surface area contributed by atoms with Crippen LogP contribution in [0.4, 0.5) is 0 Å². The lowest BCUT2D eigenvalue weighted by atomic mass is 10.1. The molecule has 4 heteroatoms. The third-order valence-corrected chi connectivity index (χ3v) is 2.88. The highest BCUT2D eigenvalue weighted by atomic mass is 16.5. The summed E-state index contributed by atoms with van der Waals surface area (Å²) in [7, 11) is 0. The summed E-state index contributed by atoms with van der Waals surface area (Å²) >= 11 is 0. The van der Waals surface area contributed by atoms with Crippen LogP contribution in [0.2, 0.25) is 0 Å². The van der Waals surface area contributed by atoms with Gasteiger partial charge in [0.25, 0.3) is 0 Å². The van der Waals surface area contributed by atoms with Gasteiger partial charge in [0.1, 0.15) is 0 Å². The van der Waals surface area contributed by atoms with Crippen LogP contribution in [0.3, 0.4) is 0 Å². The molecule has 0 heterocycles. The molecule has 0 spiro atoms. The number of carbonyl (C=O) groups is 2. The molecule has 0 unspecified atom stereocenters. The van der Waals surface area contributed by atoms with E-state index in [0.717, 1.165) is 32.1 Å². The van der Waals surface area contributed by atoms with Crippen LogP contribution in [0.25, 0.3) is 0 Å². The molecule has 22 heavy (non-hydrogen) atoms. The Bertz CT molecular complexity index is 262. The van der Waals surface area contributed by atoms with E-state index >= 15 is 0 Å². The third kappa shape index (κ3) is 21.2. The number of carbonyl (C=O) groups excluding carboxylic acids is 2. The van der Waals surface area contributed by atoms with Gasteiger partial charge in [0.2, 0.25) is 0 Å². The van der Waals surface area contributed by atoms with E-state index in [-0.39, 0.29) is 11.9 Å². The van der Waals surface area contributed by atoms with Crippen LogP contribution in [-0.2, 0) is 19.1 Å². The molecule has 0 aliphatic carbocycles. The van der Waals surface area contributed by atoms with Gasteiger partial charge in [-0.1, -0.05) is 47.5 Å². The molecule has 0 saturated carbocycles. The topological polar surface area (TPSA) is 52.6 Å². The summed E-state index contributed by atoms with van der Waals surface area (Å²) in [6.07, 6.45) is 7.17. The van der Waals surface area contributed by atoms with Gasteiger partial charge in [0, 0.05) is 12.8 Å². The first-order valence-electron chi connectivity index (χ1n) is 8.79. The van der Waals surface area contributed by atoms with E-state index in [2.05, 4.69) is 20.8 Å². The summed E-state index contributed by atoms with van der Waals surface area (Å²) in [5.41, 5.74) is 0. The first-order chi connectivity index (χ1) is 10.5. The normalized spacial score (nSPS) is 9.91. The second-order valence-electron chi connectivity index (χ2n) is 5.83. The first kappa shape index (κ1) is 23.2. The van der Waals surface area contributed by atoms with E-state index in [1.807, 2.05) is 13.8 Å². The van der Waals surface area contributed by atoms with Gasteiger partial charge >= 0.3 is 11.9 Å². The van der Waals surface area contributed by atoms with Crippen molar-refractivity contribution in [1.29, 1.82) is 0 Å². The van der Waals surface area contributed by atoms with Crippen molar-refractivity contribution in [3.63, 3.8) is 0 Å². The number of unbranched alkanes of at least 4 members (excludes halogenated alkanes) is 2. The molecule has 0 saturated heterocycles. The average molecular weight is 316 g/mol. The predicted molar refractivity (Wildman–Crippen MR) is 90.7 cm³/mol. The molecule has 0 rings (SSSR count). The Kier molecular flexibility index (Phi) is 19.0. The Morgan fingerprint density at radius 2 is 1.27 bits per heavy atom. The summed E-state index contributed by atoms with van der Waals surface area (Å²) in [6, 6.07) is 0. The highest BCUT2D eigenvalue weighted by Crippen LogP contribution is 2.00. The van der Waals surface area contributed by atoms with Gasteiger partial charge in [0.05, 0.1) is 13.2 Å². The minimum absolute atomic E-state index is 0.0522. The van der Waals surface area contributed by atoms with Crippen molar-refractivity contribution >= 4 is 11.9 Å². The number of hydrogen-bond donors (Lipinski definition) is 0. The zero-order valence-corrected chi connectivity index (χ0v) is 15.3. The minimum Gasteiger partial charge on any atom is -0.466 e. The van der Waals surface area contributed by atoms with Gasteiger partial charge < -0.3 is 9.47 Å². The smallest absolute Gasteiger partial charge is 0.305 e. The molecule has 4 nitrogen and oxygen atoms in total. The molecule has 0 amide bonds. The lowest BCUT2D eigenvalue weighted by Crippen LogP contribution is -2.06. The molecule has 0 fully saturated rings. The fourth-order valence-corrected chi connectivity index (χ4v) is 1.50. The molecule has 0 aromatic heterocycles. The lowest BCUT2D eigenvalue weighted by molar-refractivity contribution is -0.144. The molecule has 0 aromatic rings. The van der Waals surface area contributed by atoms with E-state index in [1.165, 1.54) is 6.42 Å². The number of ether oxygens (including phenoxy) is 2. The second-order valence-corrected chi connectivity index (χ2v) is 5.83. The van der Waals surface area contributed by atoms with E-state index in [0.29, 0.717) is 32.0 Å². The number of esters is 2. The van der Waals surface area contributed by atoms with Crippen LogP contribution >= 0.6 is 0 Å². The van der Waals surface area contributed by atoms with E-state index in [4.69, 9.17) is 9.47 Å². The SMILES string of the molecule is CCCC(=O)OCCC(C)C.CCCCCOC(=O)CCC. The van der Waals surface area contributed by atoms with E-state index in [9.17, 15) is 9.59 Å². The van der Waals surface area contributed by atoms with Crippen LogP contribution in [0, 0.1) is 5.92 Å². The van der Waals surface area contributed by atoms with E-state index < -0.39 is 0 Å². The largest absolute Gasteiger partial charge is 0.466 e. The lowest BCUT2D eigenvalue weighted by Gasteiger charge is -2.05. The maximum atomic E-state index is 10.8. The zero-order valence-electron chi connectivity index (χ0n) is 15.3. The van der Waals surface area contributed by atoms with Crippen molar-refractivity contribution < 1.29 is 19.1 Å². The average Bonchev–Trinajstić information content (AvgIpc) is 2.44. The molecule has 0 N–H and O–H groups in total. The minimum atomic E-state index is -0.0619. The fraction of sp³-hybridized carbons (Fsp3) is 0.889. The van der Waals surface area contributed by atoms with Gasteiger partial charge in [-0.15, -0.1) is 0 Å². The summed E-state index contributed by atoms with van der Waals surface area (Å²) in [5, 5.41) is 0. The van der Waals surface area contributed by atoms with Crippen molar-refractivity contribution in [2.75, 3.05) is 13.2 Å². The monoisotopic (exact) mass is 316 g/mol. The highest BCUT2D eigenvalue weighted by Gasteiger charge is 2.00. The summed E-state index contributed by atoms with van der Waals surface area (Å²) in [5.74, 6) is 0.501. The predicted octanol–water partition coefficient (Wildman–Crippen LogP) is 4.90. The van der Waals surface area contributed by atoms with Gasteiger partial charge in [-0.25, -0.2) is 0 Å². The van der Waals surface area contributed by atoms with Gasteiger partial charge in [-0.2, -0.15) is 0 Å². The molecule has 132 valence electrons. The molecule has 0 aromatic carbocycles. The number of rotatable bonds is 11. The van der Waals surface area contributed by atoms with Crippen molar-refractivity contribution in [2.24, 2.45) is 5.92 Å².